The van der Waals surface area contributed by atoms with E-state index in [0.717, 1.165) is 31.1 Å². The lowest BCUT2D eigenvalue weighted by Gasteiger charge is -2.18. The molecule has 4 rings (SSSR count). The molecule has 0 heterocycles. The maximum absolute atomic E-state index is 12.2. The van der Waals surface area contributed by atoms with Crippen LogP contribution < -0.4 is 9.47 Å². The molecule has 6 nitrogen and oxygen atoms in total. The van der Waals surface area contributed by atoms with Crippen molar-refractivity contribution in [1.82, 2.24) is 0 Å². The quantitative estimate of drug-likeness (QED) is 0.0579. The number of hydrogen-bond acceptors (Lipinski definition) is 9. The van der Waals surface area contributed by atoms with Crippen LogP contribution in [0.5, 0.6) is 11.5 Å². The first-order chi connectivity index (χ1) is 22.7. The minimum atomic E-state index is -0.431. The van der Waals surface area contributed by atoms with Gasteiger partial charge < -0.3 is 18.9 Å². The van der Waals surface area contributed by atoms with Gasteiger partial charge in [0.25, 0.3) is 0 Å². The summed E-state index contributed by atoms with van der Waals surface area (Å²) in [7, 11) is 0. The van der Waals surface area contributed by atoms with E-state index in [1.165, 1.54) is 0 Å². The van der Waals surface area contributed by atoms with Gasteiger partial charge in [-0.1, -0.05) is 61.3 Å². The second-order valence-corrected chi connectivity index (χ2v) is 13.9. The Balaban J connectivity index is 1.27. The molecular formula is C38H38O6S3. The first-order valence-corrected chi connectivity index (χ1v) is 17.8. The fourth-order valence-electron chi connectivity index (χ4n) is 3.87. The highest BCUT2D eigenvalue weighted by atomic mass is 32.2. The van der Waals surface area contributed by atoms with Gasteiger partial charge in [-0.3, -0.25) is 0 Å². The minimum absolute atomic E-state index is 0.250. The van der Waals surface area contributed by atoms with Crippen LogP contribution in [-0.2, 0) is 19.1 Å². The molecule has 0 spiro atoms. The van der Waals surface area contributed by atoms with E-state index in [-0.39, 0.29) is 13.2 Å². The fourth-order valence-corrected chi connectivity index (χ4v) is 6.43. The van der Waals surface area contributed by atoms with Crippen LogP contribution in [0.15, 0.2) is 153 Å². The molecule has 0 N–H and O–H groups in total. The average molecular weight is 687 g/mol. The highest BCUT2D eigenvalue weighted by Gasteiger charge is 2.18. The molecule has 0 amide bonds. The topological polar surface area (TPSA) is 71.1 Å². The van der Waals surface area contributed by atoms with E-state index in [1.54, 1.807) is 49.1 Å². The molecule has 0 bridgehead atoms. The van der Waals surface area contributed by atoms with E-state index < -0.39 is 24.1 Å². The molecule has 0 fully saturated rings. The van der Waals surface area contributed by atoms with Crippen molar-refractivity contribution in [3.8, 4) is 11.5 Å². The fraction of sp³-hybridized carbons (Fsp3) is 0.211. The summed E-state index contributed by atoms with van der Waals surface area (Å²) in [6.45, 7) is 11.2. The Morgan fingerprint density at radius 2 is 0.894 bits per heavy atom. The Labute approximate surface area is 289 Å². The van der Waals surface area contributed by atoms with Crippen LogP contribution in [0.3, 0.4) is 0 Å². The zero-order chi connectivity index (χ0) is 33.4. The molecule has 4 aromatic rings. The van der Waals surface area contributed by atoms with Gasteiger partial charge in [0, 0.05) is 42.2 Å². The predicted octanol–water partition coefficient (Wildman–Crippen LogP) is 9.16. The van der Waals surface area contributed by atoms with Gasteiger partial charge in [0.15, 0.2) is 0 Å². The zero-order valence-corrected chi connectivity index (χ0v) is 28.9. The van der Waals surface area contributed by atoms with Crippen molar-refractivity contribution >= 4 is 47.2 Å². The van der Waals surface area contributed by atoms with Crippen molar-refractivity contribution in [2.24, 2.45) is 0 Å². The first-order valence-electron chi connectivity index (χ1n) is 15.0. The lowest BCUT2D eigenvalue weighted by Crippen LogP contribution is -2.27. The van der Waals surface area contributed by atoms with Crippen LogP contribution in [0, 0.1) is 0 Å². The van der Waals surface area contributed by atoms with Gasteiger partial charge in [0.2, 0.25) is 0 Å². The van der Waals surface area contributed by atoms with Crippen molar-refractivity contribution in [2.75, 3.05) is 24.7 Å². The van der Waals surface area contributed by atoms with Crippen molar-refractivity contribution in [2.45, 2.75) is 45.6 Å². The Morgan fingerprint density at radius 3 is 1.23 bits per heavy atom. The lowest BCUT2D eigenvalue weighted by molar-refractivity contribution is -0.145. The highest BCUT2D eigenvalue weighted by molar-refractivity contribution is 8.00. The number of rotatable bonds is 18. The number of hydrogen-bond donors (Lipinski definition) is 0. The number of carbonyl (C=O) groups is 2. The Bertz CT molecular complexity index is 1470. The molecule has 0 radical (unpaired) electrons. The van der Waals surface area contributed by atoms with Crippen LogP contribution >= 0.6 is 35.3 Å². The van der Waals surface area contributed by atoms with Gasteiger partial charge in [-0.15, -0.1) is 23.5 Å². The number of thioether (sulfide) groups is 2. The van der Waals surface area contributed by atoms with E-state index in [0.29, 0.717) is 22.7 Å². The van der Waals surface area contributed by atoms with Gasteiger partial charge in [-0.25, -0.2) is 9.59 Å². The maximum Gasteiger partial charge on any atom is 0.333 e. The third kappa shape index (κ3) is 12.9. The van der Waals surface area contributed by atoms with Gasteiger partial charge in [-0.05, 0) is 86.6 Å². The summed E-state index contributed by atoms with van der Waals surface area (Å²) < 4.78 is 23.0. The smallest absolute Gasteiger partial charge is 0.333 e. The van der Waals surface area contributed by atoms with Gasteiger partial charge in [0.1, 0.15) is 36.9 Å². The molecule has 9 heteroatoms. The highest BCUT2D eigenvalue weighted by Crippen LogP contribution is 2.32. The Kier molecular flexibility index (Phi) is 14.4. The molecule has 0 aliphatic heterocycles. The molecule has 0 saturated carbocycles. The zero-order valence-electron chi connectivity index (χ0n) is 26.5. The summed E-state index contributed by atoms with van der Waals surface area (Å²) in [6, 6.07) is 35.5. The predicted molar refractivity (Wildman–Crippen MR) is 192 cm³/mol. The molecule has 4 aromatic carbocycles. The molecule has 0 aliphatic rings. The van der Waals surface area contributed by atoms with Crippen molar-refractivity contribution in [3.05, 3.63) is 133 Å². The number of benzene rings is 4. The second-order valence-electron chi connectivity index (χ2n) is 10.5. The summed E-state index contributed by atoms with van der Waals surface area (Å²) in [5, 5.41) is 0. The monoisotopic (exact) mass is 686 g/mol. The van der Waals surface area contributed by atoms with Crippen LogP contribution in [0.4, 0.5) is 0 Å². The van der Waals surface area contributed by atoms with Crippen molar-refractivity contribution in [3.63, 3.8) is 0 Å². The van der Waals surface area contributed by atoms with E-state index in [9.17, 15) is 9.59 Å². The second kappa shape index (κ2) is 18.9. The van der Waals surface area contributed by atoms with E-state index in [1.807, 2.05) is 60.7 Å². The summed E-state index contributed by atoms with van der Waals surface area (Å²) in [4.78, 5) is 28.7. The number of para-hydroxylation sites is 2. The van der Waals surface area contributed by atoms with Crippen LogP contribution in [0.25, 0.3) is 0 Å². The molecule has 0 aromatic heterocycles. The SMILES string of the molecule is C=C(C)C(=O)OC(COc1ccccc1)CSc1ccc(Sc2ccc(SCC(COc3ccccc3)OC(=O)C(=C)C)cc2)cc1. The third-order valence-electron chi connectivity index (χ3n) is 6.36. The number of esters is 2. The summed E-state index contributed by atoms with van der Waals surface area (Å²) >= 11 is 4.88. The minimum Gasteiger partial charge on any atom is -0.490 e. The van der Waals surface area contributed by atoms with E-state index in [2.05, 4.69) is 61.7 Å². The van der Waals surface area contributed by atoms with Crippen molar-refractivity contribution in [1.29, 1.82) is 0 Å². The van der Waals surface area contributed by atoms with E-state index in [4.69, 9.17) is 18.9 Å². The van der Waals surface area contributed by atoms with Gasteiger partial charge >= 0.3 is 11.9 Å². The van der Waals surface area contributed by atoms with Crippen molar-refractivity contribution < 1.29 is 28.5 Å². The largest absolute Gasteiger partial charge is 0.490 e. The molecule has 0 aliphatic carbocycles. The van der Waals surface area contributed by atoms with Gasteiger partial charge in [-0.2, -0.15) is 0 Å². The molecule has 0 saturated heterocycles. The first kappa shape index (κ1) is 35.8. The summed E-state index contributed by atoms with van der Waals surface area (Å²) in [5.41, 5.74) is 0.712. The summed E-state index contributed by atoms with van der Waals surface area (Å²) in [6.07, 6.45) is -0.862. The molecular weight excluding hydrogens is 649 g/mol. The van der Waals surface area contributed by atoms with Crippen LogP contribution in [-0.4, -0.2) is 48.9 Å². The molecule has 47 heavy (non-hydrogen) atoms. The lowest BCUT2D eigenvalue weighted by atomic mass is 10.3. The Hall–Kier alpha value is -4.05. The Morgan fingerprint density at radius 1 is 0.553 bits per heavy atom. The normalized spacial score (nSPS) is 12.0. The molecule has 2 atom stereocenters. The number of ether oxygens (including phenoxy) is 4. The molecule has 244 valence electrons. The van der Waals surface area contributed by atoms with Gasteiger partial charge in [0.05, 0.1) is 0 Å². The molecule has 2 unspecified atom stereocenters. The van der Waals surface area contributed by atoms with Crippen LogP contribution in [0.2, 0.25) is 0 Å². The van der Waals surface area contributed by atoms with Crippen LogP contribution in [0.1, 0.15) is 13.8 Å². The number of carbonyl (C=O) groups excluding carboxylic acids is 2. The maximum atomic E-state index is 12.2. The standard InChI is InChI=1S/C38H38O6S3/c1-27(2)37(39)43-31(23-41-29-11-7-5-8-12-29)25-45-33-15-19-35(20-16-33)47-36-21-17-34(18-22-36)46-26-32(44-38(40)28(3)4)24-42-30-13-9-6-10-14-30/h5-22,31-32H,1,3,23-26H2,2,4H3. The average Bonchev–Trinajstić information content (AvgIpc) is 3.09. The third-order valence-corrected chi connectivity index (χ3v) is 9.66. The summed E-state index contributed by atoms with van der Waals surface area (Å²) in [5.74, 6) is 1.69. The van der Waals surface area contributed by atoms with E-state index >= 15 is 0 Å².